The first-order chi connectivity index (χ1) is 6.90. The molecule has 0 aliphatic heterocycles. The average molecular weight is 184 g/mol. The largest absolute Gasteiger partial charge is 0.449 e. The van der Waals surface area contributed by atoms with E-state index in [1.54, 1.807) is 0 Å². The Balaban J connectivity index is 2.28. The molecule has 0 heterocycles. The second-order valence-electron chi connectivity index (χ2n) is 3.52. The van der Waals surface area contributed by atoms with Gasteiger partial charge in [-0.05, 0) is 24.0 Å². The molecule has 1 aromatic rings. The van der Waals surface area contributed by atoms with Crippen LogP contribution in [0.2, 0.25) is 0 Å². The molecular formula is C12H13BO. The van der Waals surface area contributed by atoms with E-state index in [-0.39, 0.29) is 7.48 Å². The van der Waals surface area contributed by atoms with Gasteiger partial charge in [0.05, 0.1) is 0 Å². The van der Waals surface area contributed by atoms with E-state index >= 15 is 0 Å². The predicted molar refractivity (Wildman–Crippen MR) is 61.1 cm³/mol. The molecule has 0 amide bonds. The van der Waals surface area contributed by atoms with Crippen LogP contribution in [0.3, 0.4) is 0 Å². The molecule has 0 saturated heterocycles. The fourth-order valence-corrected chi connectivity index (χ4v) is 1.72. The second-order valence-corrected chi connectivity index (χ2v) is 3.52. The average Bonchev–Trinajstić information content (AvgIpc) is 2.30. The van der Waals surface area contributed by atoms with Crippen molar-refractivity contribution in [2.45, 2.75) is 12.8 Å². The normalized spacial score (nSPS) is 15.8. The number of benzene rings is 1. The summed E-state index contributed by atoms with van der Waals surface area (Å²) in [5.41, 5.74) is 3.60. The van der Waals surface area contributed by atoms with Gasteiger partial charge in [0.15, 0.2) is 0 Å². The third-order valence-corrected chi connectivity index (χ3v) is 2.50. The van der Waals surface area contributed by atoms with Crippen molar-refractivity contribution in [2.75, 3.05) is 0 Å². The molecule has 1 N–H and O–H groups in total. The summed E-state index contributed by atoms with van der Waals surface area (Å²) in [7, 11) is 0.185. The Labute approximate surface area is 85.1 Å². The summed E-state index contributed by atoms with van der Waals surface area (Å²) in [6, 6.07) is 10.3. The topological polar surface area (TPSA) is 20.2 Å². The van der Waals surface area contributed by atoms with Crippen LogP contribution in [-0.2, 0) is 0 Å². The zero-order chi connectivity index (χ0) is 9.80. The van der Waals surface area contributed by atoms with Crippen molar-refractivity contribution in [3.8, 4) is 0 Å². The van der Waals surface area contributed by atoms with Crippen LogP contribution in [0.15, 0.2) is 48.0 Å². The lowest BCUT2D eigenvalue weighted by Crippen LogP contribution is -1.99. The van der Waals surface area contributed by atoms with E-state index in [9.17, 15) is 0 Å². The summed E-state index contributed by atoms with van der Waals surface area (Å²) < 4.78 is 0. The van der Waals surface area contributed by atoms with Crippen LogP contribution in [0.25, 0.3) is 5.57 Å². The number of hydrogen-bond donors (Lipinski definition) is 1. The monoisotopic (exact) mass is 184 g/mol. The third-order valence-electron chi connectivity index (χ3n) is 2.50. The molecule has 0 saturated carbocycles. The van der Waals surface area contributed by atoms with Gasteiger partial charge in [0.25, 0.3) is 0 Å². The number of allylic oxidation sites excluding steroid dienone is 4. The summed E-state index contributed by atoms with van der Waals surface area (Å²) in [4.78, 5) is 0. The first kappa shape index (κ1) is 9.29. The van der Waals surface area contributed by atoms with Gasteiger partial charge in [-0.2, -0.15) is 0 Å². The summed E-state index contributed by atoms with van der Waals surface area (Å²) in [6.45, 7) is 0. The summed E-state index contributed by atoms with van der Waals surface area (Å²) in [5, 5.41) is 9.06. The molecule has 0 aromatic heterocycles. The van der Waals surface area contributed by atoms with Crippen molar-refractivity contribution in [1.82, 2.24) is 0 Å². The van der Waals surface area contributed by atoms with Gasteiger partial charge >= 0.3 is 7.48 Å². The van der Waals surface area contributed by atoms with Crippen molar-refractivity contribution in [2.24, 2.45) is 0 Å². The van der Waals surface area contributed by atoms with Crippen LogP contribution in [-0.4, -0.2) is 12.5 Å². The SMILES string of the molecule is OBC1=CC(c2ccccc2)=CCC1. The van der Waals surface area contributed by atoms with Crippen LogP contribution in [0, 0.1) is 0 Å². The maximum Gasteiger partial charge on any atom is 0.300 e. The van der Waals surface area contributed by atoms with Gasteiger partial charge in [-0.15, -0.1) is 0 Å². The highest BCUT2D eigenvalue weighted by molar-refractivity contribution is 6.37. The van der Waals surface area contributed by atoms with E-state index < -0.39 is 0 Å². The Morgan fingerprint density at radius 3 is 2.64 bits per heavy atom. The van der Waals surface area contributed by atoms with Crippen LogP contribution < -0.4 is 0 Å². The van der Waals surface area contributed by atoms with Crippen molar-refractivity contribution < 1.29 is 5.02 Å². The molecule has 0 radical (unpaired) electrons. The molecule has 1 nitrogen and oxygen atoms in total. The third kappa shape index (κ3) is 1.96. The minimum atomic E-state index is 0.185. The minimum Gasteiger partial charge on any atom is -0.449 e. The zero-order valence-corrected chi connectivity index (χ0v) is 8.11. The van der Waals surface area contributed by atoms with E-state index in [2.05, 4.69) is 24.3 Å². The summed E-state index contributed by atoms with van der Waals surface area (Å²) >= 11 is 0. The molecule has 0 spiro atoms. The van der Waals surface area contributed by atoms with Crippen molar-refractivity contribution in [3.63, 3.8) is 0 Å². The van der Waals surface area contributed by atoms with Crippen molar-refractivity contribution in [1.29, 1.82) is 0 Å². The van der Waals surface area contributed by atoms with Crippen LogP contribution >= 0.6 is 0 Å². The standard InChI is InChI=1S/C12H13BO/c14-13-12-8-4-7-11(9-12)10-5-2-1-3-6-10/h1-3,5-7,9,13-14H,4,8H2. The Bertz CT molecular complexity index is 365. The smallest absolute Gasteiger partial charge is 0.300 e. The second kappa shape index (κ2) is 4.29. The van der Waals surface area contributed by atoms with Crippen LogP contribution in [0.4, 0.5) is 0 Å². The number of hydrogen-bond acceptors (Lipinski definition) is 1. The highest BCUT2D eigenvalue weighted by Gasteiger charge is 2.06. The Hall–Kier alpha value is -1.28. The van der Waals surface area contributed by atoms with Gasteiger partial charge in [0.2, 0.25) is 0 Å². The lowest BCUT2D eigenvalue weighted by Gasteiger charge is -2.11. The Morgan fingerprint density at radius 1 is 1.14 bits per heavy atom. The van der Waals surface area contributed by atoms with Crippen molar-refractivity contribution in [3.05, 3.63) is 53.5 Å². The van der Waals surface area contributed by atoms with Crippen molar-refractivity contribution >= 4 is 13.1 Å². The maximum atomic E-state index is 9.06. The van der Waals surface area contributed by atoms with Gasteiger partial charge in [-0.1, -0.05) is 48.0 Å². The molecule has 0 atom stereocenters. The molecular weight excluding hydrogens is 171 g/mol. The van der Waals surface area contributed by atoms with Gasteiger partial charge < -0.3 is 5.02 Å². The van der Waals surface area contributed by atoms with Crippen LogP contribution in [0.5, 0.6) is 0 Å². The number of rotatable bonds is 2. The molecule has 0 fully saturated rings. The molecule has 2 rings (SSSR count). The van der Waals surface area contributed by atoms with E-state index in [0.717, 1.165) is 18.3 Å². The molecule has 0 unspecified atom stereocenters. The molecule has 0 bridgehead atoms. The van der Waals surface area contributed by atoms with E-state index in [1.807, 2.05) is 18.2 Å². The van der Waals surface area contributed by atoms with Gasteiger partial charge in [-0.25, -0.2) is 0 Å². The zero-order valence-electron chi connectivity index (χ0n) is 8.11. The van der Waals surface area contributed by atoms with Crippen LogP contribution in [0.1, 0.15) is 18.4 Å². The Morgan fingerprint density at radius 2 is 1.93 bits per heavy atom. The van der Waals surface area contributed by atoms with E-state index in [4.69, 9.17) is 5.02 Å². The molecule has 1 aliphatic carbocycles. The lowest BCUT2D eigenvalue weighted by molar-refractivity contribution is 0.607. The van der Waals surface area contributed by atoms with E-state index in [0.29, 0.717) is 0 Å². The fraction of sp³-hybridized carbons (Fsp3) is 0.167. The highest BCUT2D eigenvalue weighted by atomic mass is 16.2. The fourth-order valence-electron chi connectivity index (χ4n) is 1.72. The highest BCUT2D eigenvalue weighted by Crippen LogP contribution is 2.24. The van der Waals surface area contributed by atoms with Gasteiger partial charge in [0.1, 0.15) is 0 Å². The molecule has 1 aromatic carbocycles. The maximum absolute atomic E-state index is 9.06. The predicted octanol–water partition coefficient (Wildman–Crippen LogP) is 2.09. The molecule has 14 heavy (non-hydrogen) atoms. The van der Waals surface area contributed by atoms with E-state index in [1.165, 1.54) is 11.1 Å². The summed E-state index contributed by atoms with van der Waals surface area (Å²) in [6.07, 6.45) is 6.36. The molecule has 70 valence electrons. The minimum absolute atomic E-state index is 0.185. The molecule has 2 heteroatoms. The van der Waals surface area contributed by atoms with Gasteiger partial charge in [-0.3, -0.25) is 0 Å². The van der Waals surface area contributed by atoms with Gasteiger partial charge in [0, 0.05) is 0 Å². The summed E-state index contributed by atoms with van der Waals surface area (Å²) in [5.74, 6) is 0. The first-order valence-corrected chi connectivity index (χ1v) is 4.96. The molecule has 1 aliphatic rings. The Kier molecular flexibility index (Phi) is 2.85. The quantitative estimate of drug-likeness (QED) is 0.697. The lowest BCUT2D eigenvalue weighted by atomic mass is 9.79. The first-order valence-electron chi connectivity index (χ1n) is 4.96.